The van der Waals surface area contributed by atoms with Crippen molar-refractivity contribution in [2.45, 2.75) is 12.5 Å². The summed E-state index contributed by atoms with van der Waals surface area (Å²) in [4.78, 5) is 26.0. The van der Waals surface area contributed by atoms with Crippen LogP contribution in [0, 0.1) is 0 Å². The molecule has 0 saturated carbocycles. The number of carbonyl (C=O) groups is 2. The van der Waals surface area contributed by atoms with E-state index in [2.05, 4.69) is 26.2 Å². The Morgan fingerprint density at radius 1 is 1.53 bits per heavy atom. The zero-order valence-corrected chi connectivity index (χ0v) is 12.4. The number of carboxylic acid groups (broad SMARTS) is 1. The first-order valence-electron chi connectivity index (χ1n) is 5.46. The van der Waals surface area contributed by atoms with Crippen molar-refractivity contribution < 1.29 is 14.7 Å². The van der Waals surface area contributed by atoms with Gasteiger partial charge in [-0.3, -0.25) is 9.59 Å². The highest BCUT2D eigenvalue weighted by molar-refractivity contribution is 9.10. The molecule has 0 aliphatic carbocycles. The van der Waals surface area contributed by atoms with Crippen molar-refractivity contribution >= 4 is 45.4 Å². The maximum absolute atomic E-state index is 11.5. The van der Waals surface area contributed by atoms with Crippen LogP contribution in [0.4, 0.5) is 5.82 Å². The van der Waals surface area contributed by atoms with Gasteiger partial charge in [0.15, 0.2) is 0 Å². The number of nitrogens with zero attached hydrogens (tertiary/aromatic N) is 1. The Labute approximate surface area is 123 Å². The van der Waals surface area contributed by atoms with E-state index in [9.17, 15) is 9.59 Å². The molecule has 19 heavy (non-hydrogen) atoms. The molecule has 1 unspecified atom stereocenters. The molecule has 1 rings (SSSR count). The molecule has 1 aromatic heterocycles. The fourth-order valence-electron chi connectivity index (χ4n) is 1.13. The van der Waals surface area contributed by atoms with Crippen LogP contribution in [0.2, 0.25) is 0 Å². The topological polar surface area (TPSA) is 105 Å². The van der Waals surface area contributed by atoms with Gasteiger partial charge in [0.05, 0.1) is 5.75 Å². The number of aromatic nitrogens is 1. The molecule has 4 N–H and O–H groups in total. The minimum Gasteiger partial charge on any atom is -0.480 e. The van der Waals surface area contributed by atoms with E-state index in [0.717, 1.165) is 4.47 Å². The molecule has 8 heteroatoms. The van der Waals surface area contributed by atoms with Gasteiger partial charge in [0.1, 0.15) is 11.9 Å². The van der Waals surface area contributed by atoms with Crippen LogP contribution in [0.5, 0.6) is 0 Å². The van der Waals surface area contributed by atoms with Crippen molar-refractivity contribution in [3.63, 3.8) is 0 Å². The quantitative estimate of drug-likeness (QED) is 0.642. The molecule has 0 radical (unpaired) electrons. The molecule has 0 aliphatic heterocycles. The molecular weight excluding hydrogens is 334 g/mol. The smallest absolute Gasteiger partial charge is 0.320 e. The highest BCUT2D eigenvalue weighted by Crippen LogP contribution is 2.11. The minimum atomic E-state index is -1.02. The van der Waals surface area contributed by atoms with Gasteiger partial charge in [-0.2, -0.15) is 11.8 Å². The summed E-state index contributed by atoms with van der Waals surface area (Å²) in [6.07, 6.45) is 1.93. The van der Waals surface area contributed by atoms with Gasteiger partial charge in [-0.15, -0.1) is 0 Å². The van der Waals surface area contributed by atoms with Crippen molar-refractivity contribution in [2.75, 3.05) is 16.8 Å². The van der Waals surface area contributed by atoms with E-state index in [0.29, 0.717) is 18.0 Å². The summed E-state index contributed by atoms with van der Waals surface area (Å²) >= 11 is 4.59. The molecule has 0 saturated heterocycles. The van der Waals surface area contributed by atoms with Crippen molar-refractivity contribution in [3.8, 4) is 0 Å². The maximum Gasteiger partial charge on any atom is 0.320 e. The number of carbonyl (C=O) groups excluding carboxylic acids is 1. The van der Waals surface area contributed by atoms with E-state index in [-0.39, 0.29) is 11.7 Å². The van der Waals surface area contributed by atoms with Gasteiger partial charge in [0, 0.05) is 10.7 Å². The lowest BCUT2D eigenvalue weighted by molar-refractivity contribution is -0.138. The largest absolute Gasteiger partial charge is 0.480 e. The fraction of sp³-hybridized carbons (Fsp3) is 0.364. The van der Waals surface area contributed by atoms with Gasteiger partial charge in [-0.1, -0.05) is 0 Å². The number of nitrogens with two attached hydrogens (primary N) is 1. The lowest BCUT2D eigenvalue weighted by atomic mass is 10.2. The van der Waals surface area contributed by atoms with Crippen LogP contribution in [0.3, 0.4) is 0 Å². The van der Waals surface area contributed by atoms with Crippen molar-refractivity contribution in [1.29, 1.82) is 0 Å². The maximum atomic E-state index is 11.5. The van der Waals surface area contributed by atoms with E-state index < -0.39 is 12.0 Å². The summed E-state index contributed by atoms with van der Waals surface area (Å²) in [6, 6.07) is 2.60. The van der Waals surface area contributed by atoms with Crippen LogP contribution in [0.15, 0.2) is 22.8 Å². The predicted octanol–water partition coefficient (Wildman–Crippen LogP) is 1.32. The number of hydrogen-bond acceptors (Lipinski definition) is 5. The molecule has 6 nitrogen and oxygen atoms in total. The van der Waals surface area contributed by atoms with Crippen LogP contribution in [-0.4, -0.2) is 39.5 Å². The van der Waals surface area contributed by atoms with E-state index in [1.807, 2.05) is 0 Å². The summed E-state index contributed by atoms with van der Waals surface area (Å²) in [5, 5.41) is 11.2. The number of nitrogens with one attached hydrogen (secondary N) is 1. The van der Waals surface area contributed by atoms with Gasteiger partial charge in [-0.05, 0) is 40.2 Å². The highest BCUT2D eigenvalue weighted by Gasteiger charge is 2.11. The van der Waals surface area contributed by atoms with Crippen LogP contribution in [-0.2, 0) is 9.59 Å². The molecule has 104 valence electrons. The zero-order chi connectivity index (χ0) is 14.3. The number of rotatable bonds is 7. The van der Waals surface area contributed by atoms with Crippen LogP contribution in [0.1, 0.15) is 6.42 Å². The molecular formula is C11H14BrN3O3S. The second-order valence-electron chi connectivity index (χ2n) is 3.70. The van der Waals surface area contributed by atoms with Crippen LogP contribution >= 0.6 is 27.7 Å². The first-order chi connectivity index (χ1) is 8.99. The number of anilines is 1. The minimum absolute atomic E-state index is 0.177. The van der Waals surface area contributed by atoms with E-state index in [1.165, 1.54) is 11.8 Å². The standard InChI is InChI=1S/C11H14BrN3O3S/c12-7-1-2-9(14-5-7)15-10(16)6-19-4-3-8(13)11(17)18/h1-2,5,8H,3-4,6,13H2,(H,17,18)(H,14,15,16). The zero-order valence-electron chi connectivity index (χ0n) is 10.0. The van der Waals surface area contributed by atoms with E-state index in [4.69, 9.17) is 10.8 Å². The van der Waals surface area contributed by atoms with Crippen molar-refractivity contribution in [1.82, 2.24) is 4.98 Å². The normalized spacial score (nSPS) is 11.9. The van der Waals surface area contributed by atoms with Crippen LogP contribution < -0.4 is 11.1 Å². The third-order valence-electron chi connectivity index (χ3n) is 2.12. The van der Waals surface area contributed by atoms with Crippen molar-refractivity contribution in [2.24, 2.45) is 5.73 Å². The molecule has 1 atom stereocenters. The summed E-state index contributed by atoms with van der Waals surface area (Å²) in [6.45, 7) is 0. The monoisotopic (exact) mass is 347 g/mol. The Morgan fingerprint density at radius 2 is 2.26 bits per heavy atom. The first kappa shape index (κ1) is 15.9. The lowest BCUT2D eigenvalue weighted by Crippen LogP contribution is -2.30. The summed E-state index contributed by atoms with van der Waals surface area (Å²) < 4.78 is 0.836. The van der Waals surface area contributed by atoms with Gasteiger partial charge >= 0.3 is 5.97 Å². The second-order valence-corrected chi connectivity index (χ2v) is 5.72. The van der Waals surface area contributed by atoms with Gasteiger partial charge in [0.25, 0.3) is 0 Å². The Balaban J connectivity index is 2.21. The van der Waals surface area contributed by atoms with Gasteiger partial charge < -0.3 is 16.2 Å². The first-order valence-corrected chi connectivity index (χ1v) is 7.41. The third kappa shape index (κ3) is 6.55. The van der Waals surface area contributed by atoms with Crippen molar-refractivity contribution in [3.05, 3.63) is 22.8 Å². The number of carboxylic acids is 1. The molecule has 1 heterocycles. The molecule has 0 aromatic carbocycles. The number of hydrogen-bond donors (Lipinski definition) is 3. The number of aliphatic carboxylic acids is 1. The number of pyridine rings is 1. The average Bonchev–Trinajstić information content (AvgIpc) is 2.37. The highest BCUT2D eigenvalue weighted by atomic mass is 79.9. The van der Waals surface area contributed by atoms with Gasteiger partial charge in [-0.25, -0.2) is 4.98 Å². The summed E-state index contributed by atoms with van der Waals surface area (Å²) in [7, 11) is 0. The van der Waals surface area contributed by atoms with E-state index in [1.54, 1.807) is 18.3 Å². The molecule has 0 fully saturated rings. The second kappa shape index (κ2) is 8.13. The Bertz CT molecular complexity index is 441. The molecule has 0 aliphatic rings. The SMILES string of the molecule is NC(CCSCC(=O)Nc1ccc(Br)cn1)C(=O)O. The Kier molecular flexibility index (Phi) is 6.82. The lowest BCUT2D eigenvalue weighted by Gasteiger charge is -2.06. The third-order valence-corrected chi connectivity index (χ3v) is 3.58. The molecule has 1 amide bonds. The Morgan fingerprint density at radius 3 is 2.84 bits per heavy atom. The van der Waals surface area contributed by atoms with Crippen LogP contribution in [0.25, 0.3) is 0 Å². The number of amides is 1. The fourth-order valence-corrected chi connectivity index (χ4v) is 2.18. The summed E-state index contributed by atoms with van der Waals surface area (Å²) in [5.74, 6) is 0.0440. The molecule has 0 spiro atoms. The number of thioether (sulfide) groups is 1. The molecule has 0 bridgehead atoms. The Hall–Kier alpha value is -1.12. The number of halogens is 1. The predicted molar refractivity (Wildman–Crippen MR) is 78.1 cm³/mol. The molecule has 1 aromatic rings. The average molecular weight is 348 g/mol. The van der Waals surface area contributed by atoms with E-state index >= 15 is 0 Å². The van der Waals surface area contributed by atoms with Gasteiger partial charge in [0.2, 0.25) is 5.91 Å². The summed E-state index contributed by atoms with van der Waals surface area (Å²) in [5.41, 5.74) is 5.34.